The summed E-state index contributed by atoms with van der Waals surface area (Å²) in [5, 5.41) is 6.68. The maximum atomic E-state index is 13.4. The molecule has 1 aromatic heterocycles. The molecule has 0 fully saturated rings. The van der Waals surface area contributed by atoms with Crippen LogP contribution in [-0.4, -0.2) is 16.7 Å². The highest BCUT2D eigenvalue weighted by Gasteiger charge is 2.17. The molecule has 0 aliphatic rings. The number of aromatic nitrogens is 2. The van der Waals surface area contributed by atoms with Gasteiger partial charge in [-0.3, -0.25) is 0 Å². The Morgan fingerprint density at radius 1 is 1.37 bits per heavy atom. The Labute approximate surface area is 117 Å². The number of hydrogen-bond donors (Lipinski definition) is 1. The highest BCUT2D eigenvalue weighted by atomic mass is 79.9. The van der Waals surface area contributed by atoms with Crippen molar-refractivity contribution in [2.75, 3.05) is 11.9 Å². The number of benzene rings is 1. The standard InChI is InChI=1S/C12H12BrF2N3O/c1-6(2)5-16-12-17-11(18-19-12)7-3-4-8(14)10(15)9(7)13/h3-4,6H,5H2,1-2H3,(H,16,17,18). The maximum Gasteiger partial charge on any atom is 0.321 e. The van der Waals surface area contributed by atoms with E-state index in [1.165, 1.54) is 6.07 Å². The van der Waals surface area contributed by atoms with Gasteiger partial charge in [0.2, 0.25) is 5.82 Å². The van der Waals surface area contributed by atoms with Gasteiger partial charge < -0.3 is 9.84 Å². The van der Waals surface area contributed by atoms with Crippen LogP contribution in [0.3, 0.4) is 0 Å². The second-order valence-corrected chi connectivity index (χ2v) is 5.21. The number of rotatable bonds is 4. The molecule has 0 aliphatic carbocycles. The first-order chi connectivity index (χ1) is 8.99. The Hall–Kier alpha value is -1.50. The van der Waals surface area contributed by atoms with E-state index in [0.29, 0.717) is 18.0 Å². The van der Waals surface area contributed by atoms with Crippen molar-refractivity contribution in [3.63, 3.8) is 0 Å². The SMILES string of the molecule is CC(C)CNc1nc(-c2ccc(F)c(F)c2Br)no1. The van der Waals surface area contributed by atoms with Crippen LogP contribution in [0.15, 0.2) is 21.1 Å². The molecule has 0 amide bonds. The van der Waals surface area contributed by atoms with E-state index in [4.69, 9.17) is 4.52 Å². The number of anilines is 1. The Morgan fingerprint density at radius 2 is 2.11 bits per heavy atom. The molecule has 1 heterocycles. The van der Waals surface area contributed by atoms with Gasteiger partial charge in [-0.25, -0.2) is 8.78 Å². The Balaban J connectivity index is 2.26. The van der Waals surface area contributed by atoms with Gasteiger partial charge in [-0.15, -0.1) is 0 Å². The average molecular weight is 332 g/mol. The van der Waals surface area contributed by atoms with Crippen LogP contribution in [0.4, 0.5) is 14.8 Å². The first kappa shape index (κ1) is 13.9. The Morgan fingerprint density at radius 3 is 2.79 bits per heavy atom. The first-order valence-corrected chi connectivity index (χ1v) is 6.49. The highest BCUT2D eigenvalue weighted by molar-refractivity contribution is 9.10. The van der Waals surface area contributed by atoms with Crippen LogP contribution in [0.2, 0.25) is 0 Å². The lowest BCUT2D eigenvalue weighted by Gasteiger charge is -2.03. The van der Waals surface area contributed by atoms with Gasteiger partial charge in [0.15, 0.2) is 11.6 Å². The lowest BCUT2D eigenvalue weighted by Crippen LogP contribution is -2.07. The minimum atomic E-state index is -0.973. The summed E-state index contributed by atoms with van der Waals surface area (Å²) in [7, 11) is 0. The summed E-state index contributed by atoms with van der Waals surface area (Å²) in [6.07, 6.45) is 0. The minimum Gasteiger partial charge on any atom is -0.337 e. The lowest BCUT2D eigenvalue weighted by atomic mass is 10.2. The molecule has 102 valence electrons. The summed E-state index contributed by atoms with van der Waals surface area (Å²) in [5.74, 6) is -1.29. The fourth-order valence-electron chi connectivity index (χ4n) is 1.39. The summed E-state index contributed by atoms with van der Waals surface area (Å²) in [4.78, 5) is 4.08. The summed E-state index contributed by atoms with van der Waals surface area (Å²) in [6, 6.07) is 2.66. The Bertz CT molecular complexity index is 586. The van der Waals surface area contributed by atoms with E-state index >= 15 is 0 Å². The third-order valence-corrected chi connectivity index (χ3v) is 3.14. The molecule has 0 bridgehead atoms. The normalized spacial score (nSPS) is 11.1. The topological polar surface area (TPSA) is 51.0 Å². The molecule has 0 atom stereocenters. The van der Waals surface area contributed by atoms with E-state index in [0.717, 1.165) is 6.07 Å². The second-order valence-electron chi connectivity index (χ2n) is 4.42. The quantitative estimate of drug-likeness (QED) is 0.864. The van der Waals surface area contributed by atoms with Crippen molar-refractivity contribution >= 4 is 21.9 Å². The van der Waals surface area contributed by atoms with Crippen molar-refractivity contribution in [2.45, 2.75) is 13.8 Å². The van der Waals surface area contributed by atoms with Gasteiger partial charge in [0, 0.05) is 12.1 Å². The molecule has 4 nitrogen and oxygen atoms in total. The molecule has 7 heteroatoms. The summed E-state index contributed by atoms with van der Waals surface area (Å²) < 4.78 is 31.4. The van der Waals surface area contributed by atoms with E-state index in [-0.39, 0.29) is 16.3 Å². The zero-order valence-electron chi connectivity index (χ0n) is 10.4. The molecular weight excluding hydrogens is 320 g/mol. The molecule has 0 radical (unpaired) electrons. The third kappa shape index (κ3) is 3.09. The van der Waals surface area contributed by atoms with Crippen molar-refractivity contribution in [3.05, 3.63) is 28.2 Å². The monoisotopic (exact) mass is 331 g/mol. The predicted octanol–water partition coefficient (Wildman–Crippen LogP) is 3.85. The molecule has 0 saturated heterocycles. The molecule has 0 spiro atoms. The van der Waals surface area contributed by atoms with Crippen LogP contribution in [0, 0.1) is 17.6 Å². The van der Waals surface area contributed by atoms with Gasteiger partial charge in [0.1, 0.15) is 0 Å². The van der Waals surface area contributed by atoms with Crippen LogP contribution >= 0.6 is 15.9 Å². The van der Waals surface area contributed by atoms with Crippen LogP contribution in [0.1, 0.15) is 13.8 Å². The van der Waals surface area contributed by atoms with E-state index in [1.807, 2.05) is 13.8 Å². The minimum absolute atomic E-state index is 0.0243. The van der Waals surface area contributed by atoms with Gasteiger partial charge in [0.25, 0.3) is 0 Å². The van der Waals surface area contributed by atoms with E-state index in [2.05, 4.69) is 31.4 Å². The maximum absolute atomic E-state index is 13.4. The average Bonchev–Trinajstić information content (AvgIpc) is 2.82. The molecule has 0 unspecified atom stereocenters. The molecule has 1 aromatic carbocycles. The fraction of sp³-hybridized carbons (Fsp3) is 0.333. The zero-order chi connectivity index (χ0) is 14.0. The summed E-state index contributed by atoms with van der Waals surface area (Å²) >= 11 is 2.98. The van der Waals surface area contributed by atoms with Crippen LogP contribution in [0.25, 0.3) is 11.4 Å². The number of hydrogen-bond acceptors (Lipinski definition) is 4. The van der Waals surface area contributed by atoms with Crippen molar-refractivity contribution in [1.29, 1.82) is 0 Å². The molecule has 0 aliphatic heterocycles. The molecule has 1 N–H and O–H groups in total. The number of nitrogens with one attached hydrogen (secondary N) is 1. The smallest absolute Gasteiger partial charge is 0.321 e. The largest absolute Gasteiger partial charge is 0.337 e. The van der Waals surface area contributed by atoms with Crippen molar-refractivity contribution in [3.8, 4) is 11.4 Å². The van der Waals surface area contributed by atoms with Gasteiger partial charge in [-0.1, -0.05) is 19.0 Å². The number of nitrogens with zero attached hydrogens (tertiary/aromatic N) is 2. The van der Waals surface area contributed by atoms with Gasteiger partial charge in [-0.2, -0.15) is 4.98 Å². The van der Waals surface area contributed by atoms with Crippen LogP contribution in [0.5, 0.6) is 0 Å². The first-order valence-electron chi connectivity index (χ1n) is 5.70. The molecular formula is C12H12BrF2N3O. The second kappa shape index (κ2) is 5.64. The predicted molar refractivity (Wildman–Crippen MR) is 70.7 cm³/mol. The van der Waals surface area contributed by atoms with Crippen molar-refractivity contribution in [1.82, 2.24) is 10.1 Å². The van der Waals surface area contributed by atoms with Crippen molar-refractivity contribution in [2.24, 2.45) is 5.92 Å². The van der Waals surface area contributed by atoms with Gasteiger partial charge in [0.05, 0.1) is 4.47 Å². The number of halogens is 3. The van der Waals surface area contributed by atoms with Crippen LogP contribution < -0.4 is 5.32 Å². The molecule has 2 aromatic rings. The molecule has 2 rings (SSSR count). The third-order valence-electron chi connectivity index (χ3n) is 2.36. The van der Waals surface area contributed by atoms with Crippen molar-refractivity contribution < 1.29 is 13.3 Å². The zero-order valence-corrected chi connectivity index (χ0v) is 12.0. The Kier molecular flexibility index (Phi) is 4.14. The van der Waals surface area contributed by atoms with E-state index in [9.17, 15) is 8.78 Å². The molecule has 0 saturated carbocycles. The van der Waals surface area contributed by atoms with Gasteiger partial charge >= 0.3 is 6.01 Å². The highest BCUT2D eigenvalue weighted by Crippen LogP contribution is 2.30. The van der Waals surface area contributed by atoms with Gasteiger partial charge in [-0.05, 0) is 34.0 Å². The fourth-order valence-corrected chi connectivity index (χ4v) is 1.89. The lowest BCUT2D eigenvalue weighted by molar-refractivity contribution is 0.429. The van der Waals surface area contributed by atoms with Crippen LogP contribution in [-0.2, 0) is 0 Å². The molecule has 19 heavy (non-hydrogen) atoms. The van der Waals surface area contributed by atoms with E-state index in [1.54, 1.807) is 0 Å². The van der Waals surface area contributed by atoms with E-state index < -0.39 is 11.6 Å². The summed E-state index contributed by atoms with van der Waals surface area (Å²) in [6.45, 7) is 4.76. The summed E-state index contributed by atoms with van der Waals surface area (Å²) in [5.41, 5.74) is 0.334.